The third kappa shape index (κ3) is 2.04. The van der Waals surface area contributed by atoms with Gasteiger partial charge in [0.1, 0.15) is 11.5 Å². The van der Waals surface area contributed by atoms with Gasteiger partial charge in [0.05, 0.1) is 4.92 Å². The molecule has 0 aliphatic heterocycles. The fourth-order valence-electron chi connectivity index (χ4n) is 2.63. The molecule has 1 aromatic carbocycles. The number of carboxylic acid groups (broad SMARTS) is 1. The van der Waals surface area contributed by atoms with Crippen molar-refractivity contribution in [2.45, 2.75) is 19.3 Å². The number of nitro groups is 1. The van der Waals surface area contributed by atoms with Crippen molar-refractivity contribution in [3.8, 4) is 5.69 Å². The number of fused-ring (bicyclic) bond motifs is 1. The lowest BCUT2D eigenvalue weighted by molar-refractivity contribution is -0.384. The van der Waals surface area contributed by atoms with Gasteiger partial charge in [-0.2, -0.15) is 5.10 Å². The lowest BCUT2D eigenvalue weighted by atomic mass is 10.2. The maximum absolute atomic E-state index is 13.4. The molecule has 0 atom stereocenters. The number of carboxylic acids is 1. The van der Waals surface area contributed by atoms with Crippen molar-refractivity contribution in [3.63, 3.8) is 0 Å². The van der Waals surface area contributed by atoms with Crippen molar-refractivity contribution in [3.05, 3.63) is 51.1 Å². The van der Waals surface area contributed by atoms with Gasteiger partial charge in [-0.1, -0.05) is 0 Å². The summed E-state index contributed by atoms with van der Waals surface area (Å²) in [5.74, 6) is -1.83. The van der Waals surface area contributed by atoms with Crippen molar-refractivity contribution >= 4 is 11.7 Å². The lowest BCUT2D eigenvalue weighted by Gasteiger charge is -2.06. The van der Waals surface area contributed by atoms with Crippen LogP contribution in [0.25, 0.3) is 5.69 Å². The number of halogens is 1. The largest absolute Gasteiger partial charge is 0.476 e. The monoisotopic (exact) mass is 291 g/mol. The molecule has 3 rings (SSSR count). The quantitative estimate of drug-likeness (QED) is 0.689. The zero-order valence-corrected chi connectivity index (χ0v) is 10.7. The first-order valence-corrected chi connectivity index (χ1v) is 6.27. The number of benzene rings is 1. The first-order chi connectivity index (χ1) is 9.99. The molecule has 0 unspecified atom stereocenters. The van der Waals surface area contributed by atoms with Crippen LogP contribution in [0.2, 0.25) is 0 Å². The molecule has 0 saturated carbocycles. The van der Waals surface area contributed by atoms with Crippen molar-refractivity contribution in [1.82, 2.24) is 9.78 Å². The summed E-state index contributed by atoms with van der Waals surface area (Å²) in [7, 11) is 0. The number of nitrogens with zero attached hydrogens (tertiary/aromatic N) is 3. The van der Waals surface area contributed by atoms with Crippen molar-refractivity contribution in [2.24, 2.45) is 0 Å². The summed E-state index contributed by atoms with van der Waals surface area (Å²) in [4.78, 5) is 21.6. The minimum absolute atomic E-state index is 0.0503. The number of rotatable bonds is 3. The predicted octanol–water partition coefficient (Wildman–Crippen LogP) is 2.11. The van der Waals surface area contributed by atoms with Crippen LogP contribution in [-0.4, -0.2) is 25.8 Å². The van der Waals surface area contributed by atoms with Gasteiger partial charge in [0.2, 0.25) is 0 Å². The van der Waals surface area contributed by atoms with Crippen LogP contribution in [0.4, 0.5) is 10.1 Å². The molecule has 7 nitrogen and oxygen atoms in total. The van der Waals surface area contributed by atoms with E-state index in [0.29, 0.717) is 24.1 Å². The predicted molar refractivity (Wildman–Crippen MR) is 69.2 cm³/mol. The van der Waals surface area contributed by atoms with E-state index < -0.39 is 16.7 Å². The van der Waals surface area contributed by atoms with Crippen LogP contribution >= 0.6 is 0 Å². The van der Waals surface area contributed by atoms with Gasteiger partial charge in [-0.15, -0.1) is 0 Å². The standard InChI is InChI=1S/C13H10FN3O4/c14-7-4-5-10(17(20)21)11(6-7)16-9-3-1-2-8(9)12(15-16)13(18)19/h4-6H,1-3H2,(H,18,19). The summed E-state index contributed by atoms with van der Waals surface area (Å²) in [5.41, 5.74) is 0.680. The molecular weight excluding hydrogens is 281 g/mol. The van der Waals surface area contributed by atoms with Gasteiger partial charge < -0.3 is 5.11 Å². The smallest absolute Gasteiger partial charge is 0.356 e. The van der Waals surface area contributed by atoms with Crippen LogP contribution in [0, 0.1) is 15.9 Å². The van der Waals surface area contributed by atoms with Crippen LogP contribution in [0.5, 0.6) is 0 Å². The van der Waals surface area contributed by atoms with Gasteiger partial charge in [0.25, 0.3) is 5.69 Å². The van der Waals surface area contributed by atoms with Crippen molar-refractivity contribution < 1.29 is 19.2 Å². The van der Waals surface area contributed by atoms with E-state index >= 15 is 0 Å². The highest BCUT2D eigenvalue weighted by atomic mass is 19.1. The van der Waals surface area contributed by atoms with Crippen LogP contribution in [0.1, 0.15) is 28.2 Å². The van der Waals surface area contributed by atoms with Crippen LogP contribution in [0.3, 0.4) is 0 Å². The zero-order chi connectivity index (χ0) is 15.1. The molecule has 0 saturated heterocycles. The summed E-state index contributed by atoms with van der Waals surface area (Å²) < 4.78 is 14.6. The van der Waals surface area contributed by atoms with E-state index in [1.165, 1.54) is 4.68 Å². The van der Waals surface area contributed by atoms with E-state index in [2.05, 4.69) is 5.10 Å². The number of carbonyl (C=O) groups is 1. The lowest BCUT2D eigenvalue weighted by Crippen LogP contribution is -2.07. The molecule has 8 heteroatoms. The summed E-state index contributed by atoms with van der Waals surface area (Å²) in [5, 5.41) is 24.2. The summed E-state index contributed by atoms with van der Waals surface area (Å²) in [6.45, 7) is 0. The average molecular weight is 291 g/mol. The highest BCUT2D eigenvalue weighted by Crippen LogP contribution is 2.31. The Morgan fingerprint density at radius 1 is 1.43 bits per heavy atom. The Balaban J connectivity index is 2.27. The van der Waals surface area contributed by atoms with Crippen LogP contribution in [0.15, 0.2) is 18.2 Å². The molecule has 0 radical (unpaired) electrons. The second-order valence-electron chi connectivity index (χ2n) is 4.73. The molecule has 1 aromatic heterocycles. The molecule has 108 valence electrons. The maximum Gasteiger partial charge on any atom is 0.356 e. The van der Waals surface area contributed by atoms with Crippen LogP contribution < -0.4 is 0 Å². The number of hydrogen-bond acceptors (Lipinski definition) is 4. The number of nitro benzene ring substituents is 1. The SMILES string of the molecule is O=C(O)c1nn(-c2cc(F)ccc2[N+](=O)[O-])c2c1CCC2. The second-order valence-corrected chi connectivity index (χ2v) is 4.73. The normalized spacial score (nSPS) is 13.2. The van der Waals surface area contributed by atoms with E-state index in [4.69, 9.17) is 5.11 Å². The summed E-state index contributed by atoms with van der Waals surface area (Å²) >= 11 is 0. The Morgan fingerprint density at radius 2 is 2.19 bits per heavy atom. The molecule has 0 spiro atoms. The molecule has 0 fully saturated rings. The van der Waals surface area contributed by atoms with E-state index in [1.807, 2.05) is 0 Å². The van der Waals surface area contributed by atoms with E-state index in [-0.39, 0.29) is 17.1 Å². The molecular formula is C13H10FN3O4. The third-order valence-corrected chi connectivity index (χ3v) is 3.50. The van der Waals surface area contributed by atoms with Gasteiger partial charge >= 0.3 is 5.97 Å². The van der Waals surface area contributed by atoms with Crippen molar-refractivity contribution in [2.75, 3.05) is 0 Å². The maximum atomic E-state index is 13.4. The van der Waals surface area contributed by atoms with E-state index in [9.17, 15) is 19.3 Å². The molecule has 0 amide bonds. The fourth-order valence-corrected chi connectivity index (χ4v) is 2.63. The minimum Gasteiger partial charge on any atom is -0.476 e. The Morgan fingerprint density at radius 3 is 2.86 bits per heavy atom. The van der Waals surface area contributed by atoms with Crippen LogP contribution in [-0.2, 0) is 12.8 Å². The molecule has 1 aliphatic carbocycles. The minimum atomic E-state index is -1.19. The van der Waals surface area contributed by atoms with E-state index in [1.54, 1.807) is 0 Å². The van der Waals surface area contributed by atoms with Gasteiger partial charge in [-0.05, 0) is 25.3 Å². The number of aromatic nitrogens is 2. The molecule has 0 bridgehead atoms. The van der Waals surface area contributed by atoms with E-state index in [0.717, 1.165) is 24.6 Å². The zero-order valence-electron chi connectivity index (χ0n) is 10.7. The van der Waals surface area contributed by atoms with Gasteiger partial charge in [-0.25, -0.2) is 13.9 Å². The average Bonchev–Trinajstić information content (AvgIpc) is 2.98. The molecule has 1 aliphatic rings. The molecule has 2 aromatic rings. The van der Waals surface area contributed by atoms with Gasteiger partial charge in [0.15, 0.2) is 5.69 Å². The molecule has 1 N–H and O–H groups in total. The first-order valence-electron chi connectivity index (χ1n) is 6.27. The van der Waals surface area contributed by atoms with Gasteiger partial charge in [-0.3, -0.25) is 10.1 Å². The fraction of sp³-hybridized carbons (Fsp3) is 0.231. The highest BCUT2D eigenvalue weighted by Gasteiger charge is 2.29. The Labute approximate surface area is 117 Å². The number of aromatic carboxylic acids is 1. The Bertz CT molecular complexity index is 769. The number of hydrogen-bond donors (Lipinski definition) is 1. The summed E-state index contributed by atoms with van der Waals surface area (Å²) in [6.07, 6.45) is 1.86. The molecule has 21 heavy (non-hydrogen) atoms. The second kappa shape index (κ2) is 4.65. The Kier molecular flexibility index (Phi) is 2.93. The summed E-state index contributed by atoms with van der Waals surface area (Å²) in [6, 6.07) is 3.03. The third-order valence-electron chi connectivity index (χ3n) is 3.50. The van der Waals surface area contributed by atoms with Crippen molar-refractivity contribution in [1.29, 1.82) is 0 Å². The Hall–Kier alpha value is -2.77. The van der Waals surface area contributed by atoms with Gasteiger partial charge in [0, 0.05) is 23.4 Å². The molecule has 1 heterocycles. The topological polar surface area (TPSA) is 98.3 Å². The highest BCUT2D eigenvalue weighted by molar-refractivity contribution is 5.87. The first kappa shape index (κ1) is 13.2.